The van der Waals surface area contributed by atoms with Gasteiger partial charge in [0.1, 0.15) is 11.8 Å². The number of anilines is 1. The second-order valence-electron chi connectivity index (χ2n) is 5.92. The lowest BCUT2D eigenvalue weighted by atomic mass is 10.1. The van der Waals surface area contributed by atoms with Crippen LogP contribution in [0.1, 0.15) is 12.8 Å². The smallest absolute Gasteiger partial charge is 0.267 e. The van der Waals surface area contributed by atoms with Crippen LogP contribution in [0, 0.1) is 0 Å². The maximum Gasteiger partial charge on any atom is 0.267 e. The average Bonchev–Trinajstić information content (AvgIpc) is 3.12. The fraction of sp³-hybridized carbons (Fsp3) is 0.400. The number of primary amides is 1. The van der Waals surface area contributed by atoms with Crippen molar-refractivity contribution in [1.29, 1.82) is 0 Å². The van der Waals surface area contributed by atoms with E-state index in [9.17, 15) is 18.0 Å². The number of para-hydroxylation sites is 1. The molecular formula is C15H18N4O4S. The normalized spacial score (nSPS) is 25.3. The molecule has 2 aliphatic heterocycles. The molecule has 8 nitrogen and oxygen atoms in total. The number of hydrazone groups is 1. The van der Waals surface area contributed by atoms with Gasteiger partial charge < -0.3 is 11.1 Å². The highest BCUT2D eigenvalue weighted by Crippen LogP contribution is 2.24. The van der Waals surface area contributed by atoms with Gasteiger partial charge in [-0.2, -0.15) is 5.10 Å². The van der Waals surface area contributed by atoms with Crippen molar-refractivity contribution in [3.8, 4) is 0 Å². The summed E-state index contributed by atoms with van der Waals surface area (Å²) >= 11 is 0. The first-order valence-electron chi connectivity index (χ1n) is 7.58. The third-order valence-corrected chi connectivity index (χ3v) is 5.86. The number of sulfone groups is 1. The lowest BCUT2D eigenvalue weighted by Crippen LogP contribution is -2.41. The Morgan fingerprint density at radius 3 is 2.54 bits per heavy atom. The molecule has 2 atom stereocenters. The molecule has 0 unspecified atom stereocenters. The molecule has 9 heteroatoms. The van der Waals surface area contributed by atoms with Gasteiger partial charge in [0.2, 0.25) is 5.91 Å². The Morgan fingerprint density at radius 1 is 1.25 bits per heavy atom. The minimum Gasteiger partial charge on any atom is -0.368 e. The molecule has 0 saturated carbocycles. The Bertz CT molecular complexity index is 791. The van der Waals surface area contributed by atoms with Gasteiger partial charge in [-0.05, 0) is 18.6 Å². The van der Waals surface area contributed by atoms with Crippen LogP contribution < -0.4 is 16.1 Å². The molecule has 0 aromatic heterocycles. The number of hydrogen-bond donors (Lipinski definition) is 2. The highest BCUT2D eigenvalue weighted by atomic mass is 32.2. The Labute approximate surface area is 139 Å². The third-order valence-electron chi connectivity index (χ3n) is 4.09. The highest BCUT2D eigenvalue weighted by molar-refractivity contribution is 7.91. The summed E-state index contributed by atoms with van der Waals surface area (Å²) in [6.45, 7) is 0. The summed E-state index contributed by atoms with van der Waals surface area (Å²) in [5, 5.41) is 8.34. The summed E-state index contributed by atoms with van der Waals surface area (Å²) in [5.74, 6) is -1.02. The zero-order chi connectivity index (χ0) is 17.3. The van der Waals surface area contributed by atoms with Crippen LogP contribution in [0.15, 0.2) is 35.4 Å². The first-order valence-corrected chi connectivity index (χ1v) is 9.40. The number of nitrogens with zero attached hydrogens (tertiary/aromatic N) is 2. The zero-order valence-electron chi connectivity index (χ0n) is 12.9. The number of carbonyl (C=O) groups is 2. The van der Waals surface area contributed by atoms with Crippen LogP contribution in [0.4, 0.5) is 5.69 Å². The molecule has 0 spiro atoms. The molecule has 24 heavy (non-hydrogen) atoms. The van der Waals surface area contributed by atoms with Crippen LogP contribution in [-0.4, -0.2) is 49.5 Å². The van der Waals surface area contributed by atoms with Gasteiger partial charge in [0, 0.05) is 12.5 Å². The molecule has 2 heterocycles. The predicted molar refractivity (Wildman–Crippen MR) is 89.2 cm³/mol. The SMILES string of the molecule is NC(=O)[C@@H]1CC(C(=O)N[C@@H]2CCS(=O)(=O)C2)=NN1c1ccccc1. The van der Waals surface area contributed by atoms with Crippen LogP contribution in [0.3, 0.4) is 0 Å². The van der Waals surface area contributed by atoms with Crippen LogP contribution in [0.5, 0.6) is 0 Å². The fourth-order valence-electron chi connectivity index (χ4n) is 2.87. The van der Waals surface area contributed by atoms with E-state index >= 15 is 0 Å². The second-order valence-corrected chi connectivity index (χ2v) is 8.15. The molecular weight excluding hydrogens is 332 g/mol. The minimum absolute atomic E-state index is 0.0618. The number of nitrogens with two attached hydrogens (primary N) is 1. The fourth-order valence-corrected chi connectivity index (χ4v) is 4.54. The molecule has 1 saturated heterocycles. The monoisotopic (exact) mass is 350 g/mol. The lowest BCUT2D eigenvalue weighted by Gasteiger charge is -2.20. The minimum atomic E-state index is -3.08. The summed E-state index contributed by atoms with van der Waals surface area (Å²) in [5.41, 5.74) is 6.25. The summed E-state index contributed by atoms with van der Waals surface area (Å²) in [4.78, 5) is 24.0. The lowest BCUT2D eigenvalue weighted by molar-refractivity contribution is -0.119. The van der Waals surface area contributed by atoms with E-state index in [1.54, 1.807) is 24.3 Å². The zero-order valence-corrected chi connectivity index (χ0v) is 13.7. The average molecular weight is 350 g/mol. The number of hydrogen-bond acceptors (Lipinski definition) is 6. The van der Waals surface area contributed by atoms with E-state index < -0.39 is 33.7 Å². The maximum atomic E-state index is 12.3. The van der Waals surface area contributed by atoms with E-state index in [1.165, 1.54) is 5.01 Å². The number of amides is 2. The first kappa shape index (κ1) is 16.4. The topological polar surface area (TPSA) is 122 Å². The summed E-state index contributed by atoms with van der Waals surface area (Å²) in [6, 6.07) is 7.81. The summed E-state index contributed by atoms with van der Waals surface area (Å²) in [6.07, 6.45) is 0.485. The molecule has 128 valence electrons. The van der Waals surface area contributed by atoms with Crippen molar-refractivity contribution in [2.75, 3.05) is 16.5 Å². The molecule has 0 aliphatic carbocycles. The molecule has 3 N–H and O–H groups in total. The maximum absolute atomic E-state index is 12.3. The van der Waals surface area contributed by atoms with Crippen molar-refractivity contribution in [1.82, 2.24) is 5.32 Å². The number of rotatable bonds is 4. The van der Waals surface area contributed by atoms with Crippen molar-refractivity contribution in [3.63, 3.8) is 0 Å². The third kappa shape index (κ3) is 3.40. The van der Waals surface area contributed by atoms with Crippen molar-refractivity contribution in [3.05, 3.63) is 30.3 Å². The Morgan fingerprint density at radius 2 is 1.96 bits per heavy atom. The molecule has 1 fully saturated rings. The van der Waals surface area contributed by atoms with Crippen molar-refractivity contribution in [2.45, 2.75) is 24.9 Å². The van der Waals surface area contributed by atoms with Gasteiger partial charge in [-0.15, -0.1) is 0 Å². The second kappa shape index (κ2) is 6.23. The van der Waals surface area contributed by atoms with Gasteiger partial charge in [-0.25, -0.2) is 8.42 Å². The number of nitrogens with one attached hydrogen (secondary N) is 1. The van der Waals surface area contributed by atoms with Crippen LogP contribution >= 0.6 is 0 Å². The van der Waals surface area contributed by atoms with Gasteiger partial charge >= 0.3 is 0 Å². The van der Waals surface area contributed by atoms with Crippen LogP contribution in [-0.2, 0) is 19.4 Å². The van der Waals surface area contributed by atoms with E-state index in [-0.39, 0.29) is 23.6 Å². The highest BCUT2D eigenvalue weighted by Gasteiger charge is 2.36. The van der Waals surface area contributed by atoms with Gasteiger partial charge in [-0.1, -0.05) is 18.2 Å². The van der Waals surface area contributed by atoms with Crippen molar-refractivity contribution in [2.24, 2.45) is 10.8 Å². The van der Waals surface area contributed by atoms with E-state index in [0.717, 1.165) is 0 Å². The molecule has 2 aliphatic rings. The largest absolute Gasteiger partial charge is 0.368 e. The molecule has 0 bridgehead atoms. The quantitative estimate of drug-likeness (QED) is 0.751. The Kier molecular flexibility index (Phi) is 4.27. The summed E-state index contributed by atoms with van der Waals surface area (Å²) < 4.78 is 22.9. The molecule has 1 aromatic carbocycles. The Hall–Kier alpha value is -2.42. The van der Waals surface area contributed by atoms with Gasteiger partial charge in [0.15, 0.2) is 9.84 Å². The van der Waals surface area contributed by atoms with Crippen molar-refractivity contribution < 1.29 is 18.0 Å². The number of carbonyl (C=O) groups excluding carboxylic acids is 2. The van der Waals surface area contributed by atoms with E-state index in [0.29, 0.717) is 12.1 Å². The molecule has 2 amide bonds. The van der Waals surface area contributed by atoms with Gasteiger partial charge in [-0.3, -0.25) is 14.6 Å². The first-order chi connectivity index (χ1) is 11.4. The van der Waals surface area contributed by atoms with Crippen LogP contribution in [0.25, 0.3) is 0 Å². The summed E-state index contributed by atoms with van der Waals surface area (Å²) in [7, 11) is -3.08. The predicted octanol–water partition coefficient (Wildman–Crippen LogP) is -0.590. The molecule has 0 radical (unpaired) electrons. The van der Waals surface area contributed by atoms with E-state index in [1.807, 2.05) is 6.07 Å². The van der Waals surface area contributed by atoms with Gasteiger partial charge in [0.05, 0.1) is 17.2 Å². The van der Waals surface area contributed by atoms with E-state index in [2.05, 4.69) is 10.4 Å². The number of benzene rings is 1. The standard InChI is InChI=1S/C15H18N4O4S/c16-14(20)13-8-12(18-19(13)11-4-2-1-3-5-11)15(21)17-10-6-7-24(22,23)9-10/h1-5,10,13H,6-9H2,(H2,16,20)(H,17,21)/t10-,13+/m1/s1. The molecule has 1 aromatic rings. The van der Waals surface area contributed by atoms with Crippen LogP contribution in [0.2, 0.25) is 0 Å². The molecule has 3 rings (SSSR count). The Balaban J connectivity index is 1.76. The van der Waals surface area contributed by atoms with Crippen molar-refractivity contribution >= 4 is 33.1 Å². The van der Waals surface area contributed by atoms with Gasteiger partial charge in [0.25, 0.3) is 5.91 Å². The van der Waals surface area contributed by atoms with E-state index in [4.69, 9.17) is 5.73 Å².